The third kappa shape index (κ3) is 1.36. The number of nitrogens with zero attached hydrogens (tertiary/aromatic N) is 1. The second-order valence-electron chi connectivity index (χ2n) is 3.43. The Bertz CT molecular complexity index is 607. The quantitative estimate of drug-likeness (QED) is 0.714. The van der Waals surface area contributed by atoms with Gasteiger partial charge in [0.05, 0.1) is 0 Å². The van der Waals surface area contributed by atoms with Crippen molar-refractivity contribution in [1.29, 1.82) is 0 Å². The van der Waals surface area contributed by atoms with Gasteiger partial charge in [0.2, 0.25) is 5.71 Å². The summed E-state index contributed by atoms with van der Waals surface area (Å²) in [6.45, 7) is 4.88. The van der Waals surface area contributed by atoms with Crippen molar-refractivity contribution in [2.45, 2.75) is 20.8 Å². The van der Waals surface area contributed by atoms with E-state index in [4.69, 9.17) is 4.42 Å². The molecule has 78 valence electrons. The lowest BCUT2D eigenvalue weighted by Crippen LogP contribution is -2.13. The molecule has 0 radical (unpaired) electrons. The SMILES string of the molecule is CC(=O)c1nc2oc(C)c(C)c2c(=O)[nH]1. The van der Waals surface area contributed by atoms with E-state index in [9.17, 15) is 9.59 Å². The summed E-state index contributed by atoms with van der Waals surface area (Å²) in [7, 11) is 0. The number of rotatable bonds is 1. The number of fused-ring (bicyclic) bond motifs is 1. The number of ketones is 1. The summed E-state index contributed by atoms with van der Waals surface area (Å²) in [4.78, 5) is 29.1. The van der Waals surface area contributed by atoms with Gasteiger partial charge in [0.25, 0.3) is 5.56 Å². The minimum absolute atomic E-state index is 0.0289. The van der Waals surface area contributed by atoms with Gasteiger partial charge in [-0.25, -0.2) is 0 Å². The Hall–Kier alpha value is -1.91. The third-order valence-corrected chi connectivity index (χ3v) is 2.37. The van der Waals surface area contributed by atoms with Crippen molar-refractivity contribution in [3.8, 4) is 0 Å². The lowest BCUT2D eigenvalue weighted by Gasteiger charge is -1.93. The molecule has 2 heterocycles. The fourth-order valence-electron chi connectivity index (χ4n) is 1.42. The van der Waals surface area contributed by atoms with Gasteiger partial charge in [-0.1, -0.05) is 0 Å². The highest BCUT2D eigenvalue weighted by Crippen LogP contribution is 2.19. The van der Waals surface area contributed by atoms with E-state index in [0.29, 0.717) is 11.1 Å². The van der Waals surface area contributed by atoms with Crippen LogP contribution in [-0.2, 0) is 0 Å². The predicted molar refractivity (Wildman–Crippen MR) is 54.1 cm³/mol. The smallest absolute Gasteiger partial charge is 0.262 e. The summed E-state index contributed by atoms with van der Waals surface area (Å²) < 4.78 is 5.29. The van der Waals surface area contributed by atoms with Crippen LogP contribution in [0.15, 0.2) is 9.21 Å². The molecule has 0 saturated carbocycles. The van der Waals surface area contributed by atoms with Crippen LogP contribution in [0.2, 0.25) is 0 Å². The molecule has 15 heavy (non-hydrogen) atoms. The molecule has 0 aliphatic heterocycles. The van der Waals surface area contributed by atoms with Crippen LogP contribution in [0, 0.1) is 13.8 Å². The number of furan rings is 1. The van der Waals surface area contributed by atoms with Crippen LogP contribution in [-0.4, -0.2) is 15.8 Å². The van der Waals surface area contributed by atoms with Gasteiger partial charge in [-0.2, -0.15) is 4.98 Å². The number of aryl methyl sites for hydroxylation is 2. The molecule has 0 atom stereocenters. The fourth-order valence-corrected chi connectivity index (χ4v) is 1.42. The summed E-state index contributed by atoms with van der Waals surface area (Å²) in [6.07, 6.45) is 0. The monoisotopic (exact) mass is 206 g/mol. The molecule has 0 spiro atoms. The first-order valence-electron chi connectivity index (χ1n) is 4.51. The van der Waals surface area contributed by atoms with Crippen molar-refractivity contribution in [1.82, 2.24) is 9.97 Å². The molecule has 0 fully saturated rings. The Balaban J connectivity index is 2.90. The highest BCUT2D eigenvalue weighted by molar-refractivity contribution is 5.92. The molecule has 0 aliphatic carbocycles. The maximum Gasteiger partial charge on any atom is 0.262 e. The van der Waals surface area contributed by atoms with Crippen molar-refractivity contribution in [2.24, 2.45) is 0 Å². The van der Waals surface area contributed by atoms with Crippen LogP contribution in [0.4, 0.5) is 0 Å². The molecular weight excluding hydrogens is 196 g/mol. The van der Waals surface area contributed by atoms with Crippen molar-refractivity contribution in [2.75, 3.05) is 0 Å². The Morgan fingerprint density at radius 2 is 2.07 bits per heavy atom. The number of carbonyl (C=O) groups is 1. The van der Waals surface area contributed by atoms with Crippen molar-refractivity contribution >= 4 is 16.9 Å². The van der Waals surface area contributed by atoms with E-state index in [0.717, 1.165) is 5.56 Å². The first kappa shape index (κ1) is 9.64. The molecule has 0 bridgehead atoms. The van der Waals surface area contributed by atoms with Gasteiger partial charge in [-0.3, -0.25) is 9.59 Å². The normalized spacial score (nSPS) is 10.9. The number of hydrogen-bond acceptors (Lipinski definition) is 4. The summed E-state index contributed by atoms with van der Waals surface area (Å²) in [5.41, 5.74) is 0.646. The molecule has 0 aliphatic rings. The number of aromatic nitrogens is 2. The van der Waals surface area contributed by atoms with Gasteiger partial charge in [-0.15, -0.1) is 0 Å². The molecule has 0 amide bonds. The zero-order valence-corrected chi connectivity index (χ0v) is 8.67. The zero-order valence-electron chi connectivity index (χ0n) is 8.67. The van der Waals surface area contributed by atoms with Crippen LogP contribution in [0.3, 0.4) is 0 Å². The van der Waals surface area contributed by atoms with E-state index in [2.05, 4.69) is 9.97 Å². The number of H-pyrrole nitrogens is 1. The summed E-state index contributed by atoms with van der Waals surface area (Å²) in [5, 5.41) is 0.414. The molecule has 5 heteroatoms. The minimum Gasteiger partial charge on any atom is -0.442 e. The summed E-state index contributed by atoms with van der Waals surface area (Å²) in [5.74, 6) is 0.380. The minimum atomic E-state index is -0.334. The number of hydrogen-bond donors (Lipinski definition) is 1. The molecule has 2 aromatic rings. The van der Waals surface area contributed by atoms with Gasteiger partial charge >= 0.3 is 0 Å². The van der Waals surface area contributed by atoms with E-state index in [1.165, 1.54) is 6.92 Å². The number of Topliss-reactive ketones (excluding diaryl/α,β-unsaturated/α-hetero) is 1. The lowest BCUT2D eigenvalue weighted by molar-refractivity contribution is 0.100. The third-order valence-electron chi connectivity index (χ3n) is 2.37. The Morgan fingerprint density at radius 3 is 2.67 bits per heavy atom. The Labute approximate surface area is 85.1 Å². The van der Waals surface area contributed by atoms with Gasteiger partial charge in [0.15, 0.2) is 11.6 Å². The highest BCUT2D eigenvalue weighted by atomic mass is 16.3. The van der Waals surface area contributed by atoms with Crippen LogP contribution >= 0.6 is 0 Å². The van der Waals surface area contributed by atoms with E-state index >= 15 is 0 Å². The molecule has 0 saturated heterocycles. The second kappa shape index (κ2) is 3.05. The molecule has 5 nitrogen and oxygen atoms in total. The Kier molecular flexibility index (Phi) is 1.96. The van der Waals surface area contributed by atoms with Crippen molar-refractivity contribution in [3.63, 3.8) is 0 Å². The molecule has 2 aromatic heterocycles. The molecule has 0 aromatic carbocycles. The molecule has 0 unspecified atom stereocenters. The zero-order chi connectivity index (χ0) is 11.2. The van der Waals surface area contributed by atoms with Gasteiger partial charge in [0, 0.05) is 12.5 Å². The number of nitrogens with one attached hydrogen (secondary N) is 1. The highest BCUT2D eigenvalue weighted by Gasteiger charge is 2.14. The van der Waals surface area contributed by atoms with E-state index < -0.39 is 0 Å². The van der Waals surface area contributed by atoms with Crippen LogP contribution in [0.25, 0.3) is 11.1 Å². The number of aromatic amines is 1. The van der Waals surface area contributed by atoms with Crippen LogP contribution in [0.1, 0.15) is 28.9 Å². The summed E-state index contributed by atoms with van der Waals surface area (Å²) >= 11 is 0. The van der Waals surface area contributed by atoms with E-state index in [1.807, 2.05) is 0 Å². The van der Waals surface area contributed by atoms with Gasteiger partial charge < -0.3 is 9.40 Å². The topological polar surface area (TPSA) is 76.0 Å². The molecular formula is C10H10N2O3. The largest absolute Gasteiger partial charge is 0.442 e. The van der Waals surface area contributed by atoms with E-state index in [-0.39, 0.29) is 22.9 Å². The second-order valence-corrected chi connectivity index (χ2v) is 3.43. The average Bonchev–Trinajstić information content (AvgIpc) is 2.42. The lowest BCUT2D eigenvalue weighted by atomic mass is 10.2. The first-order chi connectivity index (χ1) is 7.00. The fraction of sp³-hybridized carbons (Fsp3) is 0.300. The van der Waals surface area contributed by atoms with Crippen molar-refractivity contribution in [3.05, 3.63) is 27.5 Å². The number of carbonyl (C=O) groups excluding carboxylic acids is 1. The molecule has 1 N–H and O–H groups in total. The standard InChI is InChI=1S/C10H10N2O3/c1-4-6(3)15-10-7(4)9(14)11-8(12-10)5(2)13/h1-3H3,(H,11,12,14). The summed E-state index contributed by atoms with van der Waals surface area (Å²) in [6, 6.07) is 0. The molecule has 2 rings (SSSR count). The maximum atomic E-state index is 11.6. The van der Waals surface area contributed by atoms with Crippen LogP contribution in [0.5, 0.6) is 0 Å². The van der Waals surface area contributed by atoms with Gasteiger partial charge in [-0.05, 0) is 13.8 Å². The predicted octanol–water partition coefficient (Wildman–Crippen LogP) is 1.34. The average molecular weight is 206 g/mol. The first-order valence-corrected chi connectivity index (χ1v) is 4.51. The van der Waals surface area contributed by atoms with E-state index in [1.54, 1.807) is 13.8 Å². The van der Waals surface area contributed by atoms with Gasteiger partial charge in [0.1, 0.15) is 11.1 Å². The Morgan fingerprint density at radius 1 is 1.40 bits per heavy atom. The van der Waals surface area contributed by atoms with Crippen molar-refractivity contribution < 1.29 is 9.21 Å². The van der Waals surface area contributed by atoms with Crippen LogP contribution < -0.4 is 5.56 Å². The maximum absolute atomic E-state index is 11.6.